The van der Waals surface area contributed by atoms with Gasteiger partial charge in [0.1, 0.15) is 0 Å². The molecule has 0 rings (SSSR count). The maximum Gasteiger partial charge on any atom is 1.00 e. The van der Waals surface area contributed by atoms with Gasteiger partial charge >= 0.3 is 51.4 Å². The molecule has 0 aliphatic rings. The molecule has 2 nitrogen and oxygen atoms in total. The number of hydrogen-bond donors (Lipinski definition) is 0. The molecule has 0 N–H and O–H groups in total. The Balaban J connectivity index is 0. The van der Waals surface area contributed by atoms with E-state index in [1.54, 1.807) is 6.92 Å². The van der Waals surface area contributed by atoms with Crippen molar-refractivity contribution in [2.24, 2.45) is 0 Å². The van der Waals surface area contributed by atoms with Gasteiger partial charge in [-0.1, -0.05) is 19.3 Å². The second-order valence-corrected chi connectivity index (χ2v) is 3.11. The van der Waals surface area contributed by atoms with E-state index in [2.05, 4.69) is 0 Å². The summed E-state index contributed by atoms with van der Waals surface area (Å²) in [5.41, 5.74) is 0. The molecule has 0 amide bonds. The van der Waals surface area contributed by atoms with Crippen LogP contribution >= 0.6 is 0 Å². The second kappa shape index (κ2) is 11.1. The van der Waals surface area contributed by atoms with Gasteiger partial charge in [-0.3, -0.25) is 0 Å². The zero-order chi connectivity index (χ0) is 9.40. The van der Waals surface area contributed by atoms with Gasteiger partial charge in [-0.25, -0.2) is 4.39 Å². The number of carboxylic acid groups (broad SMARTS) is 1. The average Bonchev–Trinajstić information content (AvgIpc) is 1.95. The van der Waals surface area contributed by atoms with E-state index in [4.69, 9.17) is 0 Å². The molecule has 0 radical (unpaired) electrons. The fourth-order valence-electron chi connectivity index (χ4n) is 1.05. The van der Waals surface area contributed by atoms with Crippen molar-refractivity contribution in [1.29, 1.82) is 0 Å². The molecule has 0 saturated heterocycles. The summed E-state index contributed by atoms with van der Waals surface area (Å²) in [4.78, 5) is 9.97. The van der Waals surface area contributed by atoms with Gasteiger partial charge in [0.2, 0.25) is 0 Å². The summed E-state index contributed by atoms with van der Waals surface area (Å²) in [5, 5.41) is 9.97. The molecule has 0 aromatic rings. The summed E-state index contributed by atoms with van der Waals surface area (Å²) in [6.45, 7) is 1.54. The summed E-state index contributed by atoms with van der Waals surface area (Å²) in [6.07, 6.45) is 3.28. The van der Waals surface area contributed by atoms with Gasteiger partial charge in [-0.2, -0.15) is 0 Å². The van der Waals surface area contributed by atoms with Crippen LogP contribution in [0, 0.1) is 0 Å². The zero-order valence-corrected chi connectivity index (χ0v) is 11.6. The van der Waals surface area contributed by atoms with Gasteiger partial charge in [-0.05, 0) is 26.2 Å². The van der Waals surface area contributed by atoms with Crippen LogP contribution in [0.5, 0.6) is 0 Å². The predicted molar refractivity (Wildman–Crippen MR) is 43.3 cm³/mol. The number of unbranched alkanes of at least 4 members (excludes halogenated alkanes) is 3. The van der Waals surface area contributed by atoms with Crippen LogP contribution in [0.4, 0.5) is 4.39 Å². The Morgan fingerprint density at radius 1 is 1.31 bits per heavy atom. The molecule has 0 aliphatic carbocycles. The molecule has 0 saturated carbocycles. The minimum atomic E-state index is -0.992. The van der Waals surface area contributed by atoms with Crippen molar-refractivity contribution < 1.29 is 65.7 Å². The summed E-state index contributed by atoms with van der Waals surface area (Å²) in [6, 6.07) is 0. The third-order valence-electron chi connectivity index (χ3n) is 1.73. The first-order chi connectivity index (χ1) is 5.63. The fourth-order valence-corrected chi connectivity index (χ4v) is 1.05. The van der Waals surface area contributed by atoms with Gasteiger partial charge in [0.25, 0.3) is 0 Å². The first-order valence-corrected chi connectivity index (χ1v) is 4.47. The minimum Gasteiger partial charge on any atom is -0.550 e. The van der Waals surface area contributed by atoms with Crippen LogP contribution in [0.2, 0.25) is 0 Å². The maximum absolute atomic E-state index is 12.2. The molecule has 0 bridgehead atoms. The van der Waals surface area contributed by atoms with Crippen molar-refractivity contribution in [2.45, 2.75) is 51.6 Å². The van der Waals surface area contributed by atoms with E-state index in [-0.39, 0.29) is 57.8 Å². The first kappa shape index (κ1) is 16.5. The number of halogens is 1. The second-order valence-electron chi connectivity index (χ2n) is 3.11. The monoisotopic (exact) mass is 214 g/mol. The summed E-state index contributed by atoms with van der Waals surface area (Å²) in [7, 11) is 0. The molecule has 1 unspecified atom stereocenters. The minimum absolute atomic E-state index is 0. The number of aliphatic carboxylic acids is 1. The van der Waals surface area contributed by atoms with Crippen molar-refractivity contribution in [3.05, 3.63) is 0 Å². The molecular weight excluding hydrogens is 198 g/mol. The molecule has 13 heavy (non-hydrogen) atoms. The van der Waals surface area contributed by atoms with Crippen LogP contribution in [0.15, 0.2) is 0 Å². The number of hydrogen-bond acceptors (Lipinski definition) is 2. The molecule has 0 heterocycles. The van der Waals surface area contributed by atoms with Crippen LogP contribution in [0.3, 0.4) is 0 Å². The van der Waals surface area contributed by atoms with Crippen LogP contribution in [-0.2, 0) is 4.79 Å². The van der Waals surface area contributed by atoms with Crippen molar-refractivity contribution in [1.82, 2.24) is 0 Å². The number of carboxylic acids is 1. The number of rotatable bonds is 7. The Morgan fingerprint density at radius 2 is 1.85 bits per heavy atom. The number of carbonyl (C=O) groups is 1. The average molecular weight is 214 g/mol. The summed E-state index contributed by atoms with van der Waals surface area (Å²) < 4.78 is 12.2. The van der Waals surface area contributed by atoms with Crippen molar-refractivity contribution in [2.75, 3.05) is 0 Å². The Kier molecular flexibility index (Phi) is 14.1. The zero-order valence-electron chi connectivity index (χ0n) is 8.51. The van der Waals surface area contributed by atoms with Crippen LogP contribution in [0.1, 0.15) is 45.4 Å². The van der Waals surface area contributed by atoms with E-state index in [0.717, 1.165) is 19.3 Å². The number of carbonyl (C=O) groups excluding carboxylic acids is 1. The third kappa shape index (κ3) is 15.8. The predicted octanol–water partition coefficient (Wildman–Crippen LogP) is -1.56. The molecule has 0 aliphatic heterocycles. The van der Waals surface area contributed by atoms with Gasteiger partial charge in [0.15, 0.2) is 0 Å². The molecule has 0 aromatic carbocycles. The maximum atomic E-state index is 12.2. The molecule has 0 aromatic heterocycles. The Morgan fingerprint density at radius 3 is 2.31 bits per heavy atom. The van der Waals surface area contributed by atoms with Gasteiger partial charge in [0, 0.05) is 5.97 Å². The number of alkyl halides is 1. The van der Waals surface area contributed by atoms with E-state index in [1.807, 2.05) is 0 Å². The third-order valence-corrected chi connectivity index (χ3v) is 1.73. The standard InChI is InChI=1S/C9H17FO2.K/c1-8(10)6-4-2-3-5-7-9(11)12;/h8H,2-7H2,1H3,(H,11,12);/q;+1/p-1. The van der Waals surface area contributed by atoms with E-state index < -0.39 is 12.1 Å². The van der Waals surface area contributed by atoms with E-state index >= 15 is 0 Å². The molecular formula is C9H16FKO2. The van der Waals surface area contributed by atoms with E-state index in [1.165, 1.54) is 0 Å². The Hall–Kier alpha value is 1.04. The normalized spacial score (nSPS) is 11.8. The van der Waals surface area contributed by atoms with E-state index in [9.17, 15) is 14.3 Å². The topological polar surface area (TPSA) is 40.1 Å². The molecule has 72 valence electrons. The van der Waals surface area contributed by atoms with Crippen molar-refractivity contribution in [3.8, 4) is 0 Å². The quantitative estimate of drug-likeness (QED) is 0.380. The van der Waals surface area contributed by atoms with Crippen LogP contribution in [0.25, 0.3) is 0 Å². The van der Waals surface area contributed by atoms with E-state index in [0.29, 0.717) is 12.8 Å². The summed E-state index contributed by atoms with van der Waals surface area (Å²) in [5.74, 6) is -0.992. The Bertz CT molecular complexity index is 129. The van der Waals surface area contributed by atoms with Gasteiger partial charge in [-0.15, -0.1) is 0 Å². The van der Waals surface area contributed by atoms with Gasteiger partial charge in [0.05, 0.1) is 6.17 Å². The Labute approximate surface area is 122 Å². The summed E-state index contributed by atoms with van der Waals surface area (Å²) >= 11 is 0. The molecule has 4 heteroatoms. The fraction of sp³-hybridized carbons (Fsp3) is 0.889. The van der Waals surface area contributed by atoms with Crippen LogP contribution in [-0.4, -0.2) is 12.1 Å². The molecule has 1 atom stereocenters. The molecule has 0 fully saturated rings. The smallest absolute Gasteiger partial charge is 0.550 e. The van der Waals surface area contributed by atoms with Crippen LogP contribution < -0.4 is 56.5 Å². The molecule has 0 spiro atoms. The largest absolute Gasteiger partial charge is 1.00 e. The first-order valence-electron chi connectivity index (χ1n) is 4.47. The SMILES string of the molecule is CC(F)CCCCCCC(=O)[O-].[K+]. The van der Waals surface area contributed by atoms with Gasteiger partial charge < -0.3 is 9.90 Å². The van der Waals surface area contributed by atoms with Crippen molar-refractivity contribution >= 4 is 5.97 Å². The van der Waals surface area contributed by atoms with Crippen molar-refractivity contribution in [3.63, 3.8) is 0 Å².